The number of amides is 1. The van der Waals surface area contributed by atoms with Gasteiger partial charge in [-0.1, -0.05) is 6.42 Å². The van der Waals surface area contributed by atoms with Gasteiger partial charge in [-0.15, -0.1) is 5.10 Å². The Morgan fingerprint density at radius 1 is 1.26 bits per heavy atom. The van der Waals surface area contributed by atoms with Crippen LogP contribution in [0.3, 0.4) is 0 Å². The van der Waals surface area contributed by atoms with E-state index in [1.165, 1.54) is 9.21 Å². The lowest BCUT2D eigenvalue weighted by Gasteiger charge is -2.24. The quantitative estimate of drug-likeness (QED) is 0.763. The summed E-state index contributed by atoms with van der Waals surface area (Å²) < 4.78 is 26.8. The number of aromatic nitrogens is 3. The van der Waals surface area contributed by atoms with Crippen LogP contribution in [0, 0.1) is 0 Å². The van der Waals surface area contributed by atoms with Crippen molar-refractivity contribution >= 4 is 16.1 Å². The van der Waals surface area contributed by atoms with Gasteiger partial charge in [0.1, 0.15) is 6.33 Å². The lowest BCUT2D eigenvalue weighted by Crippen LogP contribution is -2.36. The number of nitrogens with zero attached hydrogens (tertiary/aromatic N) is 5. The van der Waals surface area contributed by atoms with Crippen molar-refractivity contribution < 1.29 is 13.2 Å². The lowest BCUT2D eigenvalue weighted by atomic mass is 10.2. The first-order valence-electron chi connectivity index (χ1n) is 6.06. The number of sulfonamides is 1. The summed E-state index contributed by atoms with van der Waals surface area (Å²) >= 11 is 0. The highest BCUT2D eigenvalue weighted by molar-refractivity contribution is 7.88. The van der Waals surface area contributed by atoms with Crippen molar-refractivity contribution in [2.24, 2.45) is 0 Å². The fraction of sp³-hybridized carbons (Fsp3) is 0.700. The summed E-state index contributed by atoms with van der Waals surface area (Å²) in [6, 6.07) is -0.437. The maximum absolute atomic E-state index is 12.3. The van der Waals surface area contributed by atoms with Crippen molar-refractivity contribution in [3.05, 3.63) is 6.33 Å². The smallest absolute Gasteiger partial charge is 0.329 e. The number of hydrogen-bond donors (Lipinski definition) is 0. The Balaban J connectivity index is 2.24. The zero-order valence-corrected chi connectivity index (χ0v) is 11.8. The highest BCUT2D eigenvalue weighted by Gasteiger charge is 2.30. The van der Waals surface area contributed by atoms with Gasteiger partial charge in [0, 0.05) is 27.2 Å². The fourth-order valence-corrected chi connectivity index (χ4v) is 3.23. The van der Waals surface area contributed by atoms with Gasteiger partial charge in [-0.3, -0.25) is 0 Å². The van der Waals surface area contributed by atoms with E-state index < -0.39 is 16.1 Å². The molecule has 1 saturated heterocycles. The highest BCUT2D eigenvalue weighted by Crippen LogP contribution is 2.17. The molecule has 19 heavy (non-hydrogen) atoms. The Morgan fingerprint density at radius 3 is 2.47 bits per heavy atom. The van der Waals surface area contributed by atoms with E-state index in [0.29, 0.717) is 13.1 Å². The van der Waals surface area contributed by atoms with E-state index in [0.717, 1.165) is 30.3 Å². The van der Waals surface area contributed by atoms with Crippen molar-refractivity contribution in [1.82, 2.24) is 24.0 Å². The summed E-state index contributed by atoms with van der Waals surface area (Å²) in [5.74, 6) is 0. The molecule has 1 aromatic heterocycles. The summed E-state index contributed by atoms with van der Waals surface area (Å²) in [7, 11) is -0.564. The second-order valence-corrected chi connectivity index (χ2v) is 6.45. The molecule has 1 amide bonds. The van der Waals surface area contributed by atoms with E-state index in [4.69, 9.17) is 0 Å². The number of carbonyl (C=O) groups is 1. The van der Waals surface area contributed by atoms with Crippen LogP contribution < -0.4 is 0 Å². The molecule has 0 radical (unpaired) electrons. The van der Waals surface area contributed by atoms with Gasteiger partial charge in [0.15, 0.2) is 0 Å². The average Bonchev–Trinajstić information content (AvgIpc) is 2.89. The first-order chi connectivity index (χ1) is 8.93. The van der Waals surface area contributed by atoms with Crippen LogP contribution in [0.25, 0.3) is 0 Å². The molecule has 0 atom stereocenters. The third-order valence-electron chi connectivity index (χ3n) is 2.94. The number of carbonyl (C=O) groups excluding carboxylic acids is 1. The maximum Gasteiger partial charge on any atom is 0.345 e. The Bertz CT molecular complexity index is 559. The van der Waals surface area contributed by atoms with Gasteiger partial charge in [-0.2, -0.15) is 8.99 Å². The Morgan fingerprint density at radius 2 is 1.89 bits per heavy atom. The van der Waals surface area contributed by atoms with Crippen LogP contribution >= 0.6 is 0 Å². The summed E-state index contributed by atoms with van der Waals surface area (Å²) in [5.41, 5.74) is 0. The minimum Gasteiger partial charge on any atom is -0.329 e. The molecule has 106 valence electrons. The normalized spacial score (nSPS) is 17.4. The molecule has 0 aromatic carbocycles. The summed E-state index contributed by atoms with van der Waals surface area (Å²) in [6.07, 6.45) is 3.85. The third-order valence-corrected chi connectivity index (χ3v) is 4.63. The van der Waals surface area contributed by atoms with Crippen molar-refractivity contribution in [3.8, 4) is 0 Å². The molecular weight excluding hydrogens is 270 g/mol. The van der Waals surface area contributed by atoms with Gasteiger partial charge in [-0.05, 0) is 12.8 Å². The van der Waals surface area contributed by atoms with Gasteiger partial charge in [-0.25, -0.2) is 18.2 Å². The lowest BCUT2D eigenvalue weighted by molar-refractivity contribution is 0.215. The zero-order valence-electron chi connectivity index (χ0n) is 11.0. The molecule has 0 N–H and O–H groups in total. The van der Waals surface area contributed by atoms with Crippen LogP contribution in [0.15, 0.2) is 11.5 Å². The van der Waals surface area contributed by atoms with E-state index in [1.807, 2.05) is 0 Å². The van der Waals surface area contributed by atoms with Gasteiger partial charge in [0.25, 0.3) is 15.2 Å². The molecule has 2 heterocycles. The zero-order chi connectivity index (χ0) is 14.0. The van der Waals surface area contributed by atoms with Crippen LogP contribution in [-0.4, -0.2) is 65.6 Å². The molecule has 8 nitrogen and oxygen atoms in total. The minimum absolute atomic E-state index is 0.315. The average molecular weight is 287 g/mol. The van der Waals surface area contributed by atoms with Crippen molar-refractivity contribution in [1.29, 1.82) is 0 Å². The largest absolute Gasteiger partial charge is 0.345 e. The van der Waals surface area contributed by atoms with Crippen molar-refractivity contribution in [2.45, 2.75) is 24.4 Å². The fourth-order valence-electron chi connectivity index (χ4n) is 1.88. The van der Waals surface area contributed by atoms with Gasteiger partial charge in [0.2, 0.25) is 0 Å². The molecule has 0 unspecified atom stereocenters. The highest BCUT2D eigenvalue weighted by atomic mass is 32.2. The molecule has 0 aliphatic carbocycles. The first-order valence-corrected chi connectivity index (χ1v) is 7.50. The summed E-state index contributed by atoms with van der Waals surface area (Å²) in [6.45, 7) is 0.969. The number of rotatable bonds is 2. The number of hydrogen-bond acceptors (Lipinski definition) is 5. The van der Waals surface area contributed by atoms with E-state index in [1.54, 1.807) is 14.1 Å². The number of piperidine rings is 1. The molecule has 0 spiro atoms. The predicted molar refractivity (Wildman–Crippen MR) is 67.1 cm³/mol. The van der Waals surface area contributed by atoms with Gasteiger partial charge < -0.3 is 4.90 Å². The minimum atomic E-state index is -3.68. The third kappa shape index (κ3) is 2.76. The predicted octanol–water partition coefficient (Wildman–Crippen LogP) is -0.0176. The second kappa shape index (κ2) is 5.25. The van der Waals surface area contributed by atoms with Crippen LogP contribution in [0.2, 0.25) is 0 Å². The molecule has 2 rings (SSSR count). The molecule has 1 aromatic rings. The van der Waals surface area contributed by atoms with Gasteiger partial charge in [0.05, 0.1) is 0 Å². The molecule has 1 fully saturated rings. The Kier molecular flexibility index (Phi) is 3.85. The molecule has 1 aliphatic rings. The maximum atomic E-state index is 12.3. The van der Waals surface area contributed by atoms with E-state index >= 15 is 0 Å². The van der Waals surface area contributed by atoms with Crippen LogP contribution in [-0.2, 0) is 10.0 Å². The standard InChI is InChI=1S/C10H17N5O3S/c1-13(2)10(16)15-8-11-9(12-15)19(17,18)14-6-4-3-5-7-14/h8H,3-7H2,1-2H3. The molecule has 0 saturated carbocycles. The second-order valence-electron chi connectivity index (χ2n) is 4.61. The molecular formula is C10H17N5O3S. The summed E-state index contributed by atoms with van der Waals surface area (Å²) in [4.78, 5) is 16.7. The van der Waals surface area contributed by atoms with Crippen molar-refractivity contribution in [3.63, 3.8) is 0 Å². The Labute approximate surface area is 112 Å². The molecule has 9 heteroatoms. The topological polar surface area (TPSA) is 88.4 Å². The van der Waals surface area contributed by atoms with Crippen LogP contribution in [0.5, 0.6) is 0 Å². The molecule has 1 aliphatic heterocycles. The molecule has 0 bridgehead atoms. The Hall–Kier alpha value is -1.48. The van der Waals surface area contributed by atoms with Crippen LogP contribution in [0.1, 0.15) is 19.3 Å². The van der Waals surface area contributed by atoms with Crippen molar-refractivity contribution in [2.75, 3.05) is 27.2 Å². The first kappa shape index (κ1) is 13.9. The monoisotopic (exact) mass is 287 g/mol. The van der Waals surface area contributed by atoms with E-state index in [9.17, 15) is 13.2 Å². The summed E-state index contributed by atoms with van der Waals surface area (Å²) in [5, 5.41) is 3.45. The van der Waals surface area contributed by atoms with Crippen LogP contribution in [0.4, 0.5) is 4.79 Å². The van der Waals surface area contributed by atoms with E-state index in [2.05, 4.69) is 10.1 Å². The SMILES string of the molecule is CN(C)C(=O)n1cnc(S(=O)(=O)N2CCCCC2)n1. The van der Waals surface area contributed by atoms with Gasteiger partial charge >= 0.3 is 6.03 Å². The van der Waals surface area contributed by atoms with E-state index in [-0.39, 0.29) is 5.16 Å².